The fraction of sp³-hybridized carbons (Fsp3) is 0.125. The lowest BCUT2D eigenvalue weighted by Gasteiger charge is -2.16. The molecule has 4 nitrogen and oxygen atoms in total. The maximum Gasteiger partial charge on any atom is 0.162 e. The van der Waals surface area contributed by atoms with Gasteiger partial charge in [0, 0.05) is 25.1 Å². The summed E-state index contributed by atoms with van der Waals surface area (Å²) in [5.74, 6) is 1.46. The topological polar surface area (TPSA) is 52.8 Å². The number of nitrogens with zero attached hydrogens (tertiary/aromatic N) is 4. The summed E-state index contributed by atoms with van der Waals surface area (Å²) >= 11 is 0. The predicted molar refractivity (Wildman–Crippen MR) is 117 cm³/mol. The molecule has 28 heavy (non-hydrogen) atoms. The molecule has 0 atom stereocenters. The van der Waals surface area contributed by atoms with E-state index in [1.165, 1.54) is 0 Å². The number of nitriles is 1. The number of hydrogen-bond acceptors (Lipinski definition) is 4. The van der Waals surface area contributed by atoms with E-state index in [0.717, 1.165) is 33.4 Å². The van der Waals surface area contributed by atoms with Gasteiger partial charge >= 0.3 is 0 Å². The summed E-state index contributed by atoms with van der Waals surface area (Å²) in [7, 11) is 3.93. The van der Waals surface area contributed by atoms with Crippen molar-refractivity contribution in [3.05, 3.63) is 84.7 Å². The van der Waals surface area contributed by atoms with E-state index in [4.69, 9.17) is 9.97 Å². The quantitative estimate of drug-likeness (QED) is 0.569. The van der Waals surface area contributed by atoms with Gasteiger partial charge in [-0.3, -0.25) is 0 Å². The van der Waals surface area contributed by atoms with Gasteiger partial charge in [-0.25, -0.2) is 9.97 Å². The van der Waals surface area contributed by atoms with Crippen molar-refractivity contribution in [1.29, 1.82) is 5.26 Å². The van der Waals surface area contributed by atoms with Crippen molar-refractivity contribution in [3.8, 4) is 17.2 Å². The lowest BCUT2D eigenvalue weighted by atomic mass is 9.99. The average Bonchev–Trinajstić information content (AvgIpc) is 2.73. The second-order valence-electron chi connectivity index (χ2n) is 6.51. The van der Waals surface area contributed by atoms with E-state index in [1.807, 2.05) is 86.6 Å². The molecule has 3 aromatic rings. The molecule has 0 aliphatic carbocycles. The van der Waals surface area contributed by atoms with Crippen LogP contribution in [0.5, 0.6) is 0 Å². The van der Waals surface area contributed by atoms with Gasteiger partial charge in [0.05, 0.1) is 17.1 Å². The molecule has 0 aliphatic rings. The van der Waals surface area contributed by atoms with E-state index in [9.17, 15) is 5.26 Å². The summed E-state index contributed by atoms with van der Waals surface area (Å²) in [6.45, 7) is 5.85. The number of benzene rings is 2. The smallest absolute Gasteiger partial charge is 0.162 e. The monoisotopic (exact) mass is 366 g/mol. The van der Waals surface area contributed by atoms with Crippen LogP contribution in [0, 0.1) is 11.3 Å². The fourth-order valence-corrected chi connectivity index (χ4v) is 3.02. The van der Waals surface area contributed by atoms with Crippen LogP contribution in [0.3, 0.4) is 0 Å². The lowest BCUT2D eigenvalue weighted by Crippen LogP contribution is -2.13. The van der Waals surface area contributed by atoms with E-state index in [2.05, 4.69) is 12.6 Å². The first-order valence-corrected chi connectivity index (χ1v) is 9.03. The molecule has 2 aromatic carbocycles. The Labute approximate surface area is 165 Å². The zero-order chi connectivity index (χ0) is 20.1. The number of allylic oxidation sites excluding steroid dienone is 5. The van der Waals surface area contributed by atoms with Crippen LogP contribution in [0.15, 0.2) is 73.3 Å². The highest BCUT2D eigenvalue weighted by atomic mass is 15.2. The fourth-order valence-electron chi connectivity index (χ4n) is 3.02. The van der Waals surface area contributed by atoms with Gasteiger partial charge in [0.1, 0.15) is 5.82 Å². The maximum atomic E-state index is 9.43. The highest BCUT2D eigenvalue weighted by Crippen LogP contribution is 2.31. The van der Waals surface area contributed by atoms with E-state index in [0.29, 0.717) is 11.4 Å². The molecule has 3 rings (SSSR count). The van der Waals surface area contributed by atoms with Crippen LogP contribution >= 0.6 is 0 Å². The molecule has 0 aliphatic heterocycles. The molecule has 0 saturated carbocycles. The Kier molecular flexibility index (Phi) is 5.67. The van der Waals surface area contributed by atoms with Gasteiger partial charge in [0.25, 0.3) is 0 Å². The highest BCUT2D eigenvalue weighted by molar-refractivity contribution is 5.94. The summed E-state index contributed by atoms with van der Waals surface area (Å²) in [4.78, 5) is 11.5. The Morgan fingerprint density at radius 2 is 1.93 bits per heavy atom. The Bertz CT molecular complexity index is 1130. The van der Waals surface area contributed by atoms with Gasteiger partial charge in [-0.15, -0.1) is 0 Å². The zero-order valence-electron chi connectivity index (χ0n) is 16.3. The molecule has 0 spiro atoms. The van der Waals surface area contributed by atoms with Crippen LogP contribution in [-0.2, 0) is 0 Å². The summed E-state index contributed by atoms with van der Waals surface area (Å²) in [5.41, 5.74) is 4.23. The summed E-state index contributed by atoms with van der Waals surface area (Å²) < 4.78 is 0. The predicted octanol–water partition coefficient (Wildman–Crippen LogP) is 5.38. The molecule has 0 saturated heterocycles. The van der Waals surface area contributed by atoms with E-state index in [-0.39, 0.29) is 0 Å². The van der Waals surface area contributed by atoms with Crippen molar-refractivity contribution < 1.29 is 0 Å². The average molecular weight is 366 g/mol. The summed E-state index contributed by atoms with van der Waals surface area (Å²) in [6.07, 6.45) is 7.61. The van der Waals surface area contributed by atoms with Crippen molar-refractivity contribution in [2.45, 2.75) is 6.92 Å². The molecule has 0 radical (unpaired) electrons. The zero-order valence-corrected chi connectivity index (χ0v) is 16.3. The van der Waals surface area contributed by atoms with Crippen LogP contribution in [0.1, 0.15) is 18.3 Å². The van der Waals surface area contributed by atoms with Crippen LogP contribution < -0.4 is 4.90 Å². The first-order valence-electron chi connectivity index (χ1n) is 9.03. The lowest BCUT2D eigenvalue weighted by molar-refractivity contribution is 1.05. The maximum absolute atomic E-state index is 9.43. The molecule has 4 heteroatoms. The Hall–Kier alpha value is -3.71. The van der Waals surface area contributed by atoms with Crippen molar-refractivity contribution in [3.63, 3.8) is 0 Å². The van der Waals surface area contributed by atoms with Crippen LogP contribution in [0.2, 0.25) is 0 Å². The van der Waals surface area contributed by atoms with Gasteiger partial charge in [0.2, 0.25) is 0 Å². The number of hydrogen-bond donors (Lipinski definition) is 0. The van der Waals surface area contributed by atoms with Crippen LogP contribution in [0.25, 0.3) is 27.6 Å². The normalized spacial score (nSPS) is 11.6. The van der Waals surface area contributed by atoms with E-state index < -0.39 is 0 Å². The van der Waals surface area contributed by atoms with E-state index in [1.54, 1.807) is 6.08 Å². The summed E-state index contributed by atoms with van der Waals surface area (Å²) in [5, 5.41) is 10.4. The Balaban J connectivity index is 2.24. The van der Waals surface area contributed by atoms with Crippen LogP contribution in [0.4, 0.5) is 5.82 Å². The molecule has 0 N–H and O–H groups in total. The first kappa shape index (κ1) is 19.1. The van der Waals surface area contributed by atoms with Crippen molar-refractivity contribution in [1.82, 2.24) is 9.97 Å². The highest BCUT2D eigenvalue weighted by Gasteiger charge is 2.13. The number of aromatic nitrogens is 2. The second-order valence-corrected chi connectivity index (χ2v) is 6.51. The van der Waals surface area contributed by atoms with Gasteiger partial charge in [-0.1, -0.05) is 55.1 Å². The minimum absolute atomic E-state index is 0.634. The SMILES string of the molecule is C=C/C(=C\C=C/C)c1nc(N(C)C)c2cc(-c3ccccc3C#N)ccc2n1. The largest absolute Gasteiger partial charge is 0.362 e. The van der Waals surface area contributed by atoms with Crippen molar-refractivity contribution in [2.75, 3.05) is 19.0 Å². The first-order chi connectivity index (χ1) is 13.6. The van der Waals surface area contributed by atoms with Gasteiger partial charge in [0.15, 0.2) is 5.82 Å². The molecule has 1 heterocycles. The Morgan fingerprint density at radius 3 is 2.61 bits per heavy atom. The molecule has 0 unspecified atom stereocenters. The molecular formula is C24H22N4. The molecule has 0 amide bonds. The third-order valence-corrected chi connectivity index (χ3v) is 4.40. The molecule has 0 fully saturated rings. The van der Waals surface area contributed by atoms with Crippen LogP contribution in [-0.4, -0.2) is 24.1 Å². The van der Waals surface area contributed by atoms with Crippen molar-refractivity contribution in [2.24, 2.45) is 0 Å². The van der Waals surface area contributed by atoms with Gasteiger partial charge < -0.3 is 4.90 Å². The molecular weight excluding hydrogens is 344 g/mol. The summed E-state index contributed by atoms with van der Waals surface area (Å²) in [6, 6.07) is 15.9. The number of fused-ring (bicyclic) bond motifs is 1. The Morgan fingerprint density at radius 1 is 1.14 bits per heavy atom. The molecule has 138 valence electrons. The minimum Gasteiger partial charge on any atom is -0.362 e. The number of rotatable bonds is 5. The second kappa shape index (κ2) is 8.32. The number of anilines is 1. The minimum atomic E-state index is 0.634. The van der Waals surface area contributed by atoms with Crippen molar-refractivity contribution >= 4 is 22.3 Å². The van der Waals surface area contributed by atoms with Gasteiger partial charge in [-0.2, -0.15) is 5.26 Å². The third-order valence-electron chi connectivity index (χ3n) is 4.40. The standard InChI is InChI=1S/C24H22N4/c1-5-7-10-17(6-2)23-26-22-14-13-18(15-21(22)24(27-23)28(3)4)20-12-9-8-11-19(20)16-25/h5-15H,2H2,1,3-4H3/b7-5-,17-10+. The van der Waals surface area contributed by atoms with Gasteiger partial charge in [-0.05, 0) is 36.2 Å². The molecule has 1 aromatic heterocycles. The van der Waals surface area contributed by atoms with E-state index >= 15 is 0 Å². The third kappa shape index (κ3) is 3.70. The molecule has 0 bridgehead atoms.